The van der Waals surface area contributed by atoms with Gasteiger partial charge in [-0.15, -0.1) is 0 Å². The molecule has 0 aliphatic rings. The molecular formula is C19H21N3OS. The highest BCUT2D eigenvalue weighted by Gasteiger charge is 2.20. The summed E-state index contributed by atoms with van der Waals surface area (Å²) in [5.41, 5.74) is 4.36. The number of nitrogens with one attached hydrogen (secondary N) is 1. The number of hydrogen-bond acceptors (Lipinski definition) is 4. The molecule has 0 fully saturated rings. The number of carbonyl (C=O) groups is 1. The number of rotatable bonds is 5. The van der Waals surface area contributed by atoms with Gasteiger partial charge in [0.15, 0.2) is 0 Å². The number of aryl methyl sites for hydroxylation is 3. The van der Waals surface area contributed by atoms with E-state index in [9.17, 15) is 10.1 Å². The summed E-state index contributed by atoms with van der Waals surface area (Å²) in [6.07, 6.45) is 0.655. The lowest BCUT2D eigenvalue weighted by Gasteiger charge is -2.16. The van der Waals surface area contributed by atoms with Crippen molar-refractivity contribution in [1.29, 1.82) is 5.26 Å². The minimum atomic E-state index is -0.299. The highest BCUT2D eigenvalue weighted by Crippen LogP contribution is 2.28. The zero-order valence-electron chi connectivity index (χ0n) is 14.4. The first-order valence-corrected chi connectivity index (χ1v) is 8.74. The van der Waals surface area contributed by atoms with Gasteiger partial charge in [-0.05, 0) is 62.6 Å². The van der Waals surface area contributed by atoms with Crippen molar-refractivity contribution in [3.63, 3.8) is 0 Å². The van der Waals surface area contributed by atoms with Crippen LogP contribution in [-0.2, 0) is 4.79 Å². The average molecular weight is 339 g/mol. The van der Waals surface area contributed by atoms with E-state index in [4.69, 9.17) is 0 Å². The second-order valence-electron chi connectivity index (χ2n) is 5.80. The summed E-state index contributed by atoms with van der Waals surface area (Å²) in [5.74, 6) is -0.0697. The highest BCUT2D eigenvalue weighted by atomic mass is 32.2. The number of nitrogens with zero attached hydrogens (tertiary/aromatic N) is 2. The summed E-state index contributed by atoms with van der Waals surface area (Å²) in [4.78, 5) is 17.0. The summed E-state index contributed by atoms with van der Waals surface area (Å²) in [6.45, 7) is 7.84. The molecule has 0 aliphatic carbocycles. The van der Waals surface area contributed by atoms with E-state index in [1.165, 1.54) is 11.8 Å². The van der Waals surface area contributed by atoms with Gasteiger partial charge in [-0.3, -0.25) is 4.79 Å². The topological polar surface area (TPSA) is 65.8 Å². The molecule has 4 nitrogen and oxygen atoms in total. The number of hydrogen-bond donors (Lipinski definition) is 1. The minimum Gasteiger partial charge on any atom is -0.325 e. The van der Waals surface area contributed by atoms with Gasteiger partial charge < -0.3 is 5.32 Å². The van der Waals surface area contributed by atoms with Crippen molar-refractivity contribution in [2.24, 2.45) is 0 Å². The number of benzene rings is 1. The Hall–Kier alpha value is -2.32. The number of carbonyl (C=O) groups excluding carboxylic acids is 1. The molecule has 1 amide bonds. The third-order valence-electron chi connectivity index (χ3n) is 3.53. The lowest BCUT2D eigenvalue weighted by atomic mass is 10.1. The molecule has 2 aromatic rings. The van der Waals surface area contributed by atoms with E-state index in [2.05, 4.69) is 22.4 Å². The average Bonchev–Trinajstić information content (AvgIpc) is 2.51. The maximum Gasteiger partial charge on any atom is 0.237 e. The van der Waals surface area contributed by atoms with Crippen molar-refractivity contribution < 1.29 is 4.79 Å². The molecule has 1 unspecified atom stereocenters. The van der Waals surface area contributed by atoms with E-state index in [1.54, 1.807) is 12.1 Å². The molecule has 0 bridgehead atoms. The summed E-state index contributed by atoms with van der Waals surface area (Å²) in [7, 11) is 0. The van der Waals surface area contributed by atoms with Crippen molar-refractivity contribution in [3.8, 4) is 6.07 Å². The molecule has 1 N–H and O–H groups in total. The number of anilines is 1. The molecule has 0 saturated carbocycles. The number of pyridine rings is 1. The maximum absolute atomic E-state index is 12.6. The van der Waals surface area contributed by atoms with Gasteiger partial charge in [0.05, 0.1) is 10.8 Å². The van der Waals surface area contributed by atoms with Gasteiger partial charge in [-0.2, -0.15) is 5.26 Å². The van der Waals surface area contributed by atoms with Crippen LogP contribution in [0, 0.1) is 32.1 Å². The van der Waals surface area contributed by atoms with Crippen LogP contribution in [0.15, 0.2) is 35.4 Å². The van der Waals surface area contributed by atoms with Gasteiger partial charge in [0.2, 0.25) is 5.91 Å². The van der Waals surface area contributed by atoms with Crippen LogP contribution < -0.4 is 5.32 Å². The first kappa shape index (κ1) is 18.0. The van der Waals surface area contributed by atoms with Crippen LogP contribution in [0.4, 0.5) is 5.69 Å². The largest absolute Gasteiger partial charge is 0.325 e. The Balaban J connectivity index is 2.18. The zero-order valence-corrected chi connectivity index (χ0v) is 15.2. The first-order chi connectivity index (χ1) is 11.4. The van der Waals surface area contributed by atoms with Gasteiger partial charge in [-0.25, -0.2) is 4.98 Å². The molecule has 1 atom stereocenters. The predicted molar refractivity (Wildman–Crippen MR) is 98.2 cm³/mol. The molecule has 1 aromatic heterocycles. The van der Waals surface area contributed by atoms with Crippen LogP contribution in [0.1, 0.15) is 35.7 Å². The molecule has 24 heavy (non-hydrogen) atoms. The summed E-state index contributed by atoms with van der Waals surface area (Å²) >= 11 is 1.34. The molecule has 1 heterocycles. The molecule has 124 valence electrons. The number of aromatic nitrogens is 1. The van der Waals surface area contributed by atoms with Crippen molar-refractivity contribution in [3.05, 3.63) is 52.7 Å². The fourth-order valence-electron chi connectivity index (χ4n) is 2.43. The number of thioether (sulfide) groups is 1. The van der Waals surface area contributed by atoms with Crippen LogP contribution in [0.2, 0.25) is 0 Å². The van der Waals surface area contributed by atoms with Crippen LogP contribution in [-0.4, -0.2) is 16.1 Å². The van der Waals surface area contributed by atoms with Gasteiger partial charge in [0.1, 0.15) is 11.1 Å². The third-order valence-corrected chi connectivity index (χ3v) is 4.89. The normalized spacial score (nSPS) is 11.6. The molecule has 2 rings (SSSR count). The third kappa shape index (κ3) is 4.59. The van der Waals surface area contributed by atoms with E-state index in [-0.39, 0.29) is 11.2 Å². The van der Waals surface area contributed by atoms with E-state index < -0.39 is 0 Å². The summed E-state index contributed by atoms with van der Waals surface area (Å²) < 4.78 is 0. The minimum absolute atomic E-state index is 0.0697. The van der Waals surface area contributed by atoms with E-state index in [0.717, 1.165) is 22.5 Å². The van der Waals surface area contributed by atoms with Gasteiger partial charge in [0, 0.05) is 11.4 Å². The Morgan fingerprint density at radius 1 is 1.25 bits per heavy atom. The van der Waals surface area contributed by atoms with Crippen LogP contribution >= 0.6 is 11.8 Å². The molecule has 0 spiro atoms. The van der Waals surface area contributed by atoms with Gasteiger partial charge >= 0.3 is 0 Å². The summed E-state index contributed by atoms with van der Waals surface area (Å²) in [6, 6.07) is 11.7. The Bertz CT molecular complexity index is 775. The first-order valence-electron chi connectivity index (χ1n) is 7.86. The van der Waals surface area contributed by atoms with Crippen LogP contribution in [0.5, 0.6) is 0 Å². The van der Waals surface area contributed by atoms with E-state index in [1.807, 2.05) is 39.8 Å². The quantitative estimate of drug-likeness (QED) is 0.821. The van der Waals surface area contributed by atoms with Crippen molar-refractivity contribution in [2.75, 3.05) is 5.32 Å². The second kappa shape index (κ2) is 7.98. The fourth-order valence-corrected chi connectivity index (χ4v) is 3.47. The number of amides is 1. The monoisotopic (exact) mass is 339 g/mol. The van der Waals surface area contributed by atoms with Gasteiger partial charge in [0.25, 0.3) is 0 Å². The van der Waals surface area contributed by atoms with Crippen LogP contribution in [0.3, 0.4) is 0 Å². The highest BCUT2D eigenvalue weighted by molar-refractivity contribution is 8.00. The van der Waals surface area contributed by atoms with E-state index >= 15 is 0 Å². The van der Waals surface area contributed by atoms with Crippen molar-refractivity contribution in [2.45, 2.75) is 44.4 Å². The molecule has 1 aromatic carbocycles. The molecule has 0 aliphatic heterocycles. The van der Waals surface area contributed by atoms with Crippen molar-refractivity contribution in [1.82, 2.24) is 4.98 Å². The number of nitriles is 1. The Kier molecular flexibility index (Phi) is 5.99. The molecule has 0 radical (unpaired) electrons. The van der Waals surface area contributed by atoms with E-state index in [0.29, 0.717) is 17.0 Å². The zero-order chi connectivity index (χ0) is 17.7. The molecular weight excluding hydrogens is 318 g/mol. The summed E-state index contributed by atoms with van der Waals surface area (Å²) in [5, 5.41) is 12.5. The van der Waals surface area contributed by atoms with Crippen molar-refractivity contribution >= 4 is 23.4 Å². The standard InChI is InChI=1S/C19H21N3OS/c1-5-17(24-19-15(11-20)7-6-14(4)21-19)18(23)22-16-9-12(2)8-13(3)10-16/h6-10,17H,5H2,1-4H3,(H,22,23). The lowest BCUT2D eigenvalue weighted by Crippen LogP contribution is -2.25. The second-order valence-corrected chi connectivity index (χ2v) is 6.99. The molecule has 5 heteroatoms. The SMILES string of the molecule is CCC(Sc1nc(C)ccc1C#N)C(=O)Nc1cc(C)cc(C)c1. The fraction of sp³-hybridized carbons (Fsp3) is 0.316. The Morgan fingerprint density at radius 2 is 1.92 bits per heavy atom. The maximum atomic E-state index is 12.6. The predicted octanol–water partition coefficient (Wildman–Crippen LogP) is 4.39. The molecule has 0 saturated heterocycles. The smallest absolute Gasteiger partial charge is 0.237 e. The Labute approximate surface area is 147 Å². The van der Waals surface area contributed by atoms with Crippen LogP contribution in [0.25, 0.3) is 0 Å². The lowest BCUT2D eigenvalue weighted by molar-refractivity contribution is -0.115. The van der Waals surface area contributed by atoms with Gasteiger partial charge in [-0.1, -0.05) is 24.8 Å². The Morgan fingerprint density at radius 3 is 2.50 bits per heavy atom.